The molecule has 0 heterocycles. The second-order valence-corrected chi connectivity index (χ2v) is 3.89. The molecule has 0 spiro atoms. The number of aromatic hydroxyl groups is 1. The summed E-state index contributed by atoms with van der Waals surface area (Å²) in [6.07, 6.45) is 0. The smallest absolute Gasteiger partial charge is 0.168 e. The molecular weight excluding hydrogens is 203 g/mol. The molecule has 0 radical (unpaired) electrons. The maximum Gasteiger partial charge on any atom is 0.168 e. The Morgan fingerprint density at radius 3 is 2.31 bits per heavy atom. The Balaban J connectivity index is 2.71. The summed E-state index contributed by atoms with van der Waals surface area (Å²) in [6, 6.07) is 11.1. The van der Waals surface area contributed by atoms with Crippen LogP contribution in [0.2, 0.25) is 0 Å². The Morgan fingerprint density at radius 2 is 1.69 bits per heavy atom. The number of phenols is 1. The number of benzene rings is 2. The fraction of sp³-hybridized carbons (Fsp3) is 0.143. The highest BCUT2D eigenvalue weighted by atomic mass is 19.1. The van der Waals surface area contributed by atoms with Crippen LogP contribution in [0.3, 0.4) is 0 Å². The van der Waals surface area contributed by atoms with Crippen molar-refractivity contribution in [2.24, 2.45) is 0 Å². The van der Waals surface area contributed by atoms with Gasteiger partial charge in [0, 0.05) is 0 Å². The summed E-state index contributed by atoms with van der Waals surface area (Å²) < 4.78 is 13.6. The van der Waals surface area contributed by atoms with E-state index in [2.05, 4.69) is 0 Å². The van der Waals surface area contributed by atoms with Gasteiger partial charge in [-0.2, -0.15) is 0 Å². The predicted molar refractivity (Wildman–Crippen MR) is 63.0 cm³/mol. The van der Waals surface area contributed by atoms with E-state index in [1.54, 1.807) is 6.92 Å². The lowest BCUT2D eigenvalue weighted by Gasteiger charge is -2.12. The molecule has 0 aromatic heterocycles. The highest BCUT2D eigenvalue weighted by Crippen LogP contribution is 2.33. The van der Waals surface area contributed by atoms with Gasteiger partial charge in [-0.05, 0) is 42.2 Å². The third kappa shape index (κ3) is 1.67. The van der Waals surface area contributed by atoms with Gasteiger partial charge < -0.3 is 5.11 Å². The Hall–Kier alpha value is -1.83. The van der Waals surface area contributed by atoms with Crippen molar-refractivity contribution in [1.82, 2.24) is 0 Å². The average molecular weight is 216 g/mol. The van der Waals surface area contributed by atoms with Gasteiger partial charge >= 0.3 is 0 Å². The van der Waals surface area contributed by atoms with Crippen molar-refractivity contribution < 1.29 is 9.50 Å². The fourth-order valence-electron chi connectivity index (χ4n) is 1.99. The lowest BCUT2D eigenvalue weighted by atomic mass is 9.95. The van der Waals surface area contributed by atoms with Crippen molar-refractivity contribution in [2.75, 3.05) is 0 Å². The number of hydrogen-bond acceptors (Lipinski definition) is 1. The summed E-state index contributed by atoms with van der Waals surface area (Å²) in [7, 11) is 0. The van der Waals surface area contributed by atoms with Crippen LogP contribution in [0.5, 0.6) is 5.75 Å². The second kappa shape index (κ2) is 3.97. The molecule has 1 N–H and O–H groups in total. The summed E-state index contributed by atoms with van der Waals surface area (Å²) in [4.78, 5) is 0. The second-order valence-electron chi connectivity index (χ2n) is 3.89. The van der Waals surface area contributed by atoms with Gasteiger partial charge in [-0.25, -0.2) is 4.39 Å². The highest BCUT2D eigenvalue weighted by molar-refractivity contribution is 5.72. The molecule has 2 rings (SSSR count). The Bertz CT molecular complexity index is 518. The van der Waals surface area contributed by atoms with Gasteiger partial charge in [0.05, 0.1) is 0 Å². The van der Waals surface area contributed by atoms with E-state index in [4.69, 9.17) is 0 Å². The molecule has 82 valence electrons. The molecule has 0 fully saturated rings. The Labute approximate surface area is 94.2 Å². The molecule has 16 heavy (non-hydrogen) atoms. The molecule has 0 saturated carbocycles. The van der Waals surface area contributed by atoms with Gasteiger partial charge in [-0.3, -0.25) is 0 Å². The van der Waals surface area contributed by atoms with Gasteiger partial charge in [0.2, 0.25) is 0 Å². The minimum Gasteiger partial charge on any atom is -0.505 e. The highest BCUT2D eigenvalue weighted by Gasteiger charge is 2.13. The first-order chi connectivity index (χ1) is 7.61. The minimum absolute atomic E-state index is 0.283. The van der Waals surface area contributed by atoms with E-state index in [9.17, 15) is 9.50 Å². The summed E-state index contributed by atoms with van der Waals surface area (Å²) in [5, 5.41) is 9.38. The maximum absolute atomic E-state index is 13.6. The minimum atomic E-state index is -0.538. The molecule has 0 aliphatic heterocycles. The van der Waals surface area contributed by atoms with Crippen LogP contribution in [0, 0.1) is 19.7 Å². The normalized spacial score (nSPS) is 10.4. The molecule has 0 aliphatic carbocycles. The molecule has 1 nitrogen and oxygen atoms in total. The molecule has 2 heteroatoms. The van der Waals surface area contributed by atoms with Gasteiger partial charge in [0.25, 0.3) is 0 Å². The zero-order valence-corrected chi connectivity index (χ0v) is 9.29. The van der Waals surface area contributed by atoms with E-state index < -0.39 is 5.82 Å². The third-order valence-electron chi connectivity index (χ3n) is 2.74. The van der Waals surface area contributed by atoms with Crippen molar-refractivity contribution in [3.8, 4) is 16.9 Å². The molecule has 0 bridgehead atoms. The maximum atomic E-state index is 13.6. The summed E-state index contributed by atoms with van der Waals surface area (Å²) in [5.74, 6) is -0.820. The van der Waals surface area contributed by atoms with E-state index in [1.165, 1.54) is 6.07 Å². The van der Waals surface area contributed by atoms with Crippen molar-refractivity contribution in [2.45, 2.75) is 13.8 Å². The Morgan fingerprint density at radius 1 is 1.06 bits per heavy atom. The zero-order valence-electron chi connectivity index (χ0n) is 9.29. The number of hydrogen-bond donors (Lipinski definition) is 1. The third-order valence-corrected chi connectivity index (χ3v) is 2.74. The van der Waals surface area contributed by atoms with Gasteiger partial charge in [-0.15, -0.1) is 0 Å². The van der Waals surface area contributed by atoms with Gasteiger partial charge in [0.15, 0.2) is 11.6 Å². The monoisotopic (exact) mass is 216 g/mol. The van der Waals surface area contributed by atoms with Crippen molar-refractivity contribution >= 4 is 0 Å². The molecule has 2 aromatic rings. The van der Waals surface area contributed by atoms with Crippen molar-refractivity contribution in [3.63, 3.8) is 0 Å². The largest absolute Gasteiger partial charge is 0.505 e. The Kier molecular flexibility index (Phi) is 2.65. The zero-order chi connectivity index (χ0) is 11.7. The van der Waals surface area contributed by atoms with Crippen LogP contribution in [-0.2, 0) is 0 Å². The molecule has 0 atom stereocenters. The van der Waals surface area contributed by atoms with E-state index in [1.807, 2.05) is 37.3 Å². The fourth-order valence-corrected chi connectivity index (χ4v) is 1.99. The number of phenolic OH excluding ortho intramolecular Hbond substituents is 1. The number of aryl methyl sites for hydroxylation is 1. The van der Waals surface area contributed by atoms with Crippen LogP contribution in [0.15, 0.2) is 36.4 Å². The van der Waals surface area contributed by atoms with Gasteiger partial charge in [-0.1, -0.05) is 30.3 Å². The quantitative estimate of drug-likeness (QED) is 0.768. The molecule has 0 saturated heterocycles. The molecular formula is C14H13FO. The first kappa shape index (κ1) is 10.7. The summed E-state index contributed by atoms with van der Waals surface area (Å²) in [6.45, 7) is 3.55. The van der Waals surface area contributed by atoms with Gasteiger partial charge in [0.1, 0.15) is 0 Å². The molecule has 2 aromatic carbocycles. The van der Waals surface area contributed by atoms with Crippen LogP contribution >= 0.6 is 0 Å². The van der Waals surface area contributed by atoms with E-state index in [-0.39, 0.29) is 5.75 Å². The van der Waals surface area contributed by atoms with E-state index in [0.717, 1.165) is 16.7 Å². The van der Waals surface area contributed by atoms with Crippen molar-refractivity contribution in [1.29, 1.82) is 0 Å². The molecule has 0 aliphatic rings. The van der Waals surface area contributed by atoms with Crippen molar-refractivity contribution in [3.05, 3.63) is 53.3 Å². The topological polar surface area (TPSA) is 20.2 Å². The lowest BCUT2D eigenvalue weighted by Crippen LogP contribution is -1.92. The summed E-state index contributed by atoms with van der Waals surface area (Å²) >= 11 is 0. The van der Waals surface area contributed by atoms with Crippen LogP contribution in [-0.4, -0.2) is 5.11 Å². The van der Waals surface area contributed by atoms with Crippen LogP contribution in [0.1, 0.15) is 11.1 Å². The van der Waals surface area contributed by atoms with E-state index in [0.29, 0.717) is 5.56 Å². The van der Waals surface area contributed by atoms with Crippen LogP contribution in [0.4, 0.5) is 4.39 Å². The average Bonchev–Trinajstić information content (AvgIpc) is 2.28. The standard InChI is InChI=1S/C14H13FO/c1-9-8-12(16)14(15)10(2)13(9)11-6-4-3-5-7-11/h3-8,16H,1-2H3. The summed E-state index contributed by atoms with van der Waals surface area (Å²) in [5.41, 5.74) is 3.19. The molecule has 0 amide bonds. The molecule has 0 unspecified atom stereocenters. The SMILES string of the molecule is Cc1cc(O)c(F)c(C)c1-c1ccccc1. The first-order valence-corrected chi connectivity index (χ1v) is 5.15. The number of rotatable bonds is 1. The van der Waals surface area contributed by atoms with Crippen LogP contribution < -0.4 is 0 Å². The first-order valence-electron chi connectivity index (χ1n) is 5.15. The predicted octanol–water partition coefficient (Wildman–Crippen LogP) is 3.82. The number of halogens is 1. The van der Waals surface area contributed by atoms with Crippen LogP contribution in [0.25, 0.3) is 11.1 Å². The lowest BCUT2D eigenvalue weighted by molar-refractivity contribution is 0.430. The van der Waals surface area contributed by atoms with E-state index >= 15 is 0 Å².